The summed E-state index contributed by atoms with van der Waals surface area (Å²) >= 11 is 6.13. The molecule has 3 heterocycles. The molecule has 1 amide bonds. The van der Waals surface area contributed by atoms with Crippen LogP contribution in [0.3, 0.4) is 0 Å². The zero-order valence-corrected chi connectivity index (χ0v) is 18.7. The summed E-state index contributed by atoms with van der Waals surface area (Å²) in [6, 6.07) is 7.89. The third-order valence-corrected chi connectivity index (χ3v) is 5.94. The molecule has 8 heteroatoms. The predicted molar refractivity (Wildman–Crippen MR) is 121 cm³/mol. The number of anilines is 1. The number of carbonyl (C=O) groups excluding carboxylic acids is 1. The maximum Gasteiger partial charge on any atom is 0.254 e. The summed E-state index contributed by atoms with van der Waals surface area (Å²) in [5.41, 5.74) is 3.80. The van der Waals surface area contributed by atoms with Crippen molar-refractivity contribution in [2.24, 2.45) is 0 Å². The number of amides is 1. The predicted octanol–water partition coefficient (Wildman–Crippen LogP) is 4.18. The van der Waals surface area contributed by atoms with Crippen molar-refractivity contribution in [2.45, 2.75) is 32.9 Å². The first-order valence-corrected chi connectivity index (χ1v) is 10.8. The van der Waals surface area contributed by atoms with E-state index in [2.05, 4.69) is 27.4 Å². The Morgan fingerprint density at radius 3 is 2.90 bits per heavy atom. The number of nitrogens with one attached hydrogen (secondary N) is 1. The lowest BCUT2D eigenvalue weighted by Gasteiger charge is -2.34. The van der Waals surface area contributed by atoms with Crippen molar-refractivity contribution in [3.63, 3.8) is 0 Å². The number of pyridine rings is 1. The van der Waals surface area contributed by atoms with E-state index < -0.39 is 0 Å². The molecule has 0 fully saturated rings. The summed E-state index contributed by atoms with van der Waals surface area (Å²) in [6.45, 7) is 5.72. The molecule has 0 unspecified atom stereocenters. The first kappa shape index (κ1) is 21.2. The van der Waals surface area contributed by atoms with Gasteiger partial charge in [-0.25, -0.2) is 9.97 Å². The van der Waals surface area contributed by atoms with Gasteiger partial charge in [0.15, 0.2) is 10.9 Å². The van der Waals surface area contributed by atoms with E-state index in [1.54, 1.807) is 12.4 Å². The highest BCUT2D eigenvalue weighted by molar-refractivity contribution is 6.30. The van der Waals surface area contributed by atoms with Crippen molar-refractivity contribution in [2.75, 3.05) is 25.5 Å². The summed E-state index contributed by atoms with van der Waals surface area (Å²) in [4.78, 5) is 23.8. The number of aromatic nitrogens is 3. The van der Waals surface area contributed by atoms with Crippen molar-refractivity contribution >= 4 is 23.5 Å². The van der Waals surface area contributed by atoms with Crippen LogP contribution in [0.4, 0.5) is 5.95 Å². The minimum absolute atomic E-state index is 0.0305. The molecule has 7 nitrogen and oxygen atoms in total. The number of imidazole rings is 1. The van der Waals surface area contributed by atoms with Gasteiger partial charge in [-0.15, -0.1) is 0 Å². The standard InChI is InChI=1S/C23H26ClN5O2/c1-4-31-20-12-18(13-27-21(20)24)15(2)29-9-7-17-6-5-16(11-19(17)22(29)30)14-28-10-8-26-23(28)25-3/h5-6,8,10-13,15H,4,7,9,14H2,1-3H3,(H,25,26)/t15-/m0/s1. The molecule has 0 spiro atoms. The fourth-order valence-corrected chi connectivity index (χ4v) is 4.13. The lowest BCUT2D eigenvalue weighted by Crippen LogP contribution is -2.39. The molecule has 0 aliphatic carbocycles. The molecule has 1 aliphatic heterocycles. The van der Waals surface area contributed by atoms with E-state index in [0.717, 1.165) is 34.6 Å². The van der Waals surface area contributed by atoms with Crippen LogP contribution in [0.5, 0.6) is 5.75 Å². The lowest BCUT2D eigenvalue weighted by molar-refractivity contribution is 0.0672. The Balaban J connectivity index is 1.58. The number of rotatable bonds is 7. The minimum Gasteiger partial charge on any atom is -0.491 e. The zero-order valence-electron chi connectivity index (χ0n) is 17.9. The molecular weight excluding hydrogens is 414 g/mol. The van der Waals surface area contributed by atoms with Crippen LogP contribution in [0, 0.1) is 0 Å². The van der Waals surface area contributed by atoms with Crippen molar-refractivity contribution in [1.29, 1.82) is 0 Å². The van der Waals surface area contributed by atoms with Crippen LogP contribution in [0.15, 0.2) is 42.9 Å². The largest absolute Gasteiger partial charge is 0.491 e. The molecule has 0 saturated carbocycles. The van der Waals surface area contributed by atoms with Gasteiger partial charge in [-0.2, -0.15) is 0 Å². The number of carbonyl (C=O) groups is 1. The van der Waals surface area contributed by atoms with Crippen LogP contribution in [0.25, 0.3) is 0 Å². The zero-order chi connectivity index (χ0) is 22.0. The van der Waals surface area contributed by atoms with Gasteiger partial charge in [0.05, 0.1) is 19.2 Å². The van der Waals surface area contributed by atoms with E-state index in [9.17, 15) is 4.79 Å². The second kappa shape index (κ2) is 8.98. The highest BCUT2D eigenvalue weighted by Gasteiger charge is 2.29. The summed E-state index contributed by atoms with van der Waals surface area (Å²) in [5, 5.41) is 3.41. The van der Waals surface area contributed by atoms with Crippen LogP contribution in [-0.4, -0.2) is 45.5 Å². The fraction of sp³-hybridized carbons (Fsp3) is 0.348. The normalized spacial score (nSPS) is 14.3. The molecule has 31 heavy (non-hydrogen) atoms. The summed E-state index contributed by atoms with van der Waals surface area (Å²) in [7, 11) is 1.84. The van der Waals surface area contributed by atoms with Crippen molar-refractivity contribution in [3.05, 3.63) is 70.3 Å². The highest BCUT2D eigenvalue weighted by atomic mass is 35.5. The van der Waals surface area contributed by atoms with E-state index >= 15 is 0 Å². The number of hydrogen-bond donors (Lipinski definition) is 1. The maximum atomic E-state index is 13.4. The fourth-order valence-electron chi connectivity index (χ4n) is 3.98. The molecule has 2 aromatic heterocycles. The first-order valence-electron chi connectivity index (χ1n) is 10.4. The smallest absolute Gasteiger partial charge is 0.254 e. The first-order chi connectivity index (χ1) is 15.0. The Kier molecular flexibility index (Phi) is 6.13. The monoisotopic (exact) mass is 439 g/mol. The van der Waals surface area contributed by atoms with E-state index in [-0.39, 0.29) is 11.9 Å². The average molecular weight is 440 g/mol. The van der Waals surface area contributed by atoms with Gasteiger partial charge in [-0.3, -0.25) is 4.79 Å². The van der Waals surface area contributed by atoms with Crippen LogP contribution >= 0.6 is 11.6 Å². The summed E-state index contributed by atoms with van der Waals surface area (Å²) in [5.74, 6) is 1.36. The van der Waals surface area contributed by atoms with Gasteiger partial charge in [0.25, 0.3) is 5.91 Å². The number of hydrogen-bond acceptors (Lipinski definition) is 5. The van der Waals surface area contributed by atoms with E-state index in [0.29, 0.717) is 30.6 Å². The third-order valence-electron chi connectivity index (χ3n) is 5.66. The molecule has 0 saturated heterocycles. The number of nitrogens with zero attached hydrogens (tertiary/aromatic N) is 4. The van der Waals surface area contributed by atoms with Gasteiger partial charge >= 0.3 is 0 Å². The Hall–Kier alpha value is -3.06. The molecule has 0 radical (unpaired) electrons. The third kappa shape index (κ3) is 4.23. The number of halogens is 1. The second-order valence-electron chi connectivity index (χ2n) is 7.54. The molecular formula is C23H26ClN5O2. The molecule has 3 aromatic rings. The van der Waals surface area contributed by atoms with Crippen LogP contribution in [-0.2, 0) is 13.0 Å². The van der Waals surface area contributed by atoms with Crippen LogP contribution in [0.1, 0.15) is 46.9 Å². The quantitative estimate of drug-likeness (QED) is 0.559. The molecule has 162 valence electrons. The molecule has 1 aromatic carbocycles. The van der Waals surface area contributed by atoms with Crippen LogP contribution in [0.2, 0.25) is 5.15 Å². The van der Waals surface area contributed by atoms with Gasteiger partial charge in [-0.05, 0) is 49.1 Å². The second-order valence-corrected chi connectivity index (χ2v) is 7.89. The lowest BCUT2D eigenvalue weighted by atomic mass is 9.94. The average Bonchev–Trinajstić information content (AvgIpc) is 3.22. The topological polar surface area (TPSA) is 72.3 Å². The van der Waals surface area contributed by atoms with Gasteiger partial charge in [-0.1, -0.05) is 23.7 Å². The number of benzene rings is 1. The SMILES string of the molecule is CCOc1cc([C@H](C)N2CCc3ccc(Cn4ccnc4NC)cc3C2=O)cnc1Cl. The Morgan fingerprint density at radius 2 is 2.13 bits per heavy atom. The van der Waals surface area contributed by atoms with Crippen LogP contribution < -0.4 is 10.1 Å². The van der Waals surface area contributed by atoms with Crippen molar-refractivity contribution < 1.29 is 9.53 Å². The number of fused-ring (bicyclic) bond motifs is 1. The summed E-state index contributed by atoms with van der Waals surface area (Å²) in [6.07, 6.45) is 6.21. The van der Waals surface area contributed by atoms with Gasteiger partial charge in [0.1, 0.15) is 0 Å². The Bertz CT molecular complexity index is 1100. The van der Waals surface area contributed by atoms with Gasteiger partial charge in [0, 0.05) is 37.7 Å². The highest BCUT2D eigenvalue weighted by Crippen LogP contribution is 2.31. The van der Waals surface area contributed by atoms with Gasteiger partial charge in [0.2, 0.25) is 5.95 Å². The van der Waals surface area contributed by atoms with E-state index in [1.165, 1.54) is 0 Å². The number of ether oxygens (including phenoxy) is 1. The van der Waals surface area contributed by atoms with Gasteiger partial charge < -0.3 is 19.5 Å². The molecule has 1 N–H and O–H groups in total. The maximum absolute atomic E-state index is 13.4. The minimum atomic E-state index is -0.141. The van der Waals surface area contributed by atoms with E-state index in [1.807, 2.05) is 48.7 Å². The molecule has 1 aliphatic rings. The van der Waals surface area contributed by atoms with Crippen molar-refractivity contribution in [1.82, 2.24) is 19.4 Å². The summed E-state index contributed by atoms with van der Waals surface area (Å²) < 4.78 is 7.59. The Morgan fingerprint density at radius 1 is 1.29 bits per heavy atom. The van der Waals surface area contributed by atoms with Crippen molar-refractivity contribution in [3.8, 4) is 5.75 Å². The molecule has 0 bridgehead atoms. The van der Waals surface area contributed by atoms with E-state index in [4.69, 9.17) is 16.3 Å². The molecule has 4 rings (SSSR count). The molecule has 1 atom stereocenters. The Labute approximate surface area is 187 Å².